The maximum absolute atomic E-state index is 15.5. The maximum atomic E-state index is 15.5. The van der Waals surface area contributed by atoms with E-state index in [1.807, 2.05) is 60.9 Å². The van der Waals surface area contributed by atoms with E-state index >= 15 is 4.39 Å². The summed E-state index contributed by atoms with van der Waals surface area (Å²) in [7, 11) is 3.90. The number of nitrogens with zero attached hydrogens (tertiary/aromatic N) is 6. The van der Waals surface area contributed by atoms with E-state index in [4.69, 9.17) is 0 Å². The fraction of sp³-hybridized carbons (Fsp3) is 0.435. The standard InChI is InChI=1S/C23H27FN6O/c1-22-12-23(2,28(3)13-22)20(24)21(22)29(4)19-8-7-17(26-27-19)16-6-5-15(11-18(16)31)30-10-9-25-14-30/h5-11,14,20-21,31H,12-13H2,1-4H3/t20-,21-,22+,23+/m0/s1. The number of hydrogen-bond acceptors (Lipinski definition) is 6. The van der Waals surface area contributed by atoms with Crippen molar-refractivity contribution < 1.29 is 9.50 Å². The number of aromatic hydroxyl groups is 1. The highest BCUT2D eigenvalue weighted by Gasteiger charge is 2.66. The number of aromatic nitrogens is 4. The van der Waals surface area contributed by atoms with Crippen molar-refractivity contribution in [2.24, 2.45) is 5.41 Å². The molecule has 2 aromatic heterocycles. The van der Waals surface area contributed by atoms with E-state index in [1.54, 1.807) is 18.6 Å². The topological polar surface area (TPSA) is 70.3 Å². The van der Waals surface area contributed by atoms with Gasteiger partial charge in [-0.1, -0.05) is 6.92 Å². The Morgan fingerprint density at radius 3 is 2.58 bits per heavy atom. The minimum atomic E-state index is -0.970. The number of likely N-dealkylation sites (tertiary alicyclic amines) is 1. The van der Waals surface area contributed by atoms with Crippen LogP contribution >= 0.6 is 0 Å². The average Bonchev–Trinajstić information content (AvgIpc) is 3.40. The van der Waals surface area contributed by atoms with Crippen LogP contribution in [0.5, 0.6) is 5.75 Å². The van der Waals surface area contributed by atoms with Gasteiger partial charge in [0.2, 0.25) is 0 Å². The Morgan fingerprint density at radius 1 is 1.19 bits per heavy atom. The first-order valence-corrected chi connectivity index (χ1v) is 10.5. The van der Waals surface area contributed by atoms with Crippen LogP contribution in [0.15, 0.2) is 49.1 Å². The molecule has 0 spiro atoms. The molecule has 1 N–H and O–H groups in total. The van der Waals surface area contributed by atoms with E-state index < -0.39 is 11.7 Å². The van der Waals surface area contributed by atoms with Crippen molar-refractivity contribution in [1.29, 1.82) is 0 Å². The summed E-state index contributed by atoms with van der Waals surface area (Å²) in [5.74, 6) is 0.743. The molecule has 2 bridgehead atoms. The van der Waals surface area contributed by atoms with Gasteiger partial charge in [-0.2, -0.15) is 0 Å². The highest BCUT2D eigenvalue weighted by molar-refractivity contribution is 5.69. The van der Waals surface area contributed by atoms with Gasteiger partial charge in [-0.05, 0) is 44.7 Å². The molecule has 1 aliphatic heterocycles. The lowest BCUT2D eigenvalue weighted by molar-refractivity contribution is 0.0410. The van der Waals surface area contributed by atoms with Crippen molar-refractivity contribution in [2.45, 2.75) is 38.0 Å². The van der Waals surface area contributed by atoms with Gasteiger partial charge in [0.25, 0.3) is 0 Å². The maximum Gasteiger partial charge on any atom is 0.151 e. The third-order valence-corrected chi connectivity index (χ3v) is 7.31. The van der Waals surface area contributed by atoms with Crippen molar-refractivity contribution in [1.82, 2.24) is 24.6 Å². The smallest absolute Gasteiger partial charge is 0.151 e. The summed E-state index contributed by atoms with van der Waals surface area (Å²) in [6.45, 7) is 5.04. The lowest BCUT2D eigenvalue weighted by atomic mass is 9.84. The summed E-state index contributed by atoms with van der Waals surface area (Å²) < 4.78 is 17.3. The molecular weight excluding hydrogens is 395 g/mol. The lowest BCUT2D eigenvalue weighted by Crippen LogP contribution is -2.59. The minimum Gasteiger partial charge on any atom is -0.507 e. The first kappa shape index (κ1) is 19.9. The highest BCUT2D eigenvalue weighted by atomic mass is 19.1. The molecule has 4 atom stereocenters. The molecule has 1 aliphatic carbocycles. The zero-order valence-electron chi connectivity index (χ0n) is 18.2. The summed E-state index contributed by atoms with van der Waals surface area (Å²) in [5, 5.41) is 19.2. The first-order chi connectivity index (χ1) is 14.7. The molecule has 0 unspecified atom stereocenters. The van der Waals surface area contributed by atoms with Crippen LogP contribution in [0.4, 0.5) is 10.2 Å². The van der Waals surface area contributed by atoms with E-state index in [0.717, 1.165) is 18.7 Å². The number of phenolic OH excluding ortho intramolecular Hbond substituents is 1. The summed E-state index contributed by atoms with van der Waals surface area (Å²) in [6.07, 6.45) is 5.02. The number of imidazole rings is 1. The van der Waals surface area contributed by atoms with Gasteiger partial charge >= 0.3 is 0 Å². The van der Waals surface area contributed by atoms with E-state index in [2.05, 4.69) is 27.0 Å². The molecule has 7 nitrogen and oxygen atoms in total. The van der Waals surface area contributed by atoms with Crippen LogP contribution in [0.25, 0.3) is 16.9 Å². The number of hydrogen-bond donors (Lipinski definition) is 1. The zero-order valence-corrected chi connectivity index (χ0v) is 18.2. The molecule has 162 valence electrons. The summed E-state index contributed by atoms with van der Waals surface area (Å²) in [6, 6.07) is 8.78. The molecule has 3 aromatic rings. The molecule has 2 aliphatic rings. The third-order valence-electron chi connectivity index (χ3n) is 7.31. The van der Waals surface area contributed by atoms with Gasteiger partial charge in [-0.15, -0.1) is 10.2 Å². The van der Waals surface area contributed by atoms with Crippen molar-refractivity contribution >= 4 is 5.82 Å². The number of rotatable bonds is 4. The van der Waals surface area contributed by atoms with E-state index in [1.165, 1.54) is 0 Å². The van der Waals surface area contributed by atoms with Gasteiger partial charge in [0.15, 0.2) is 5.82 Å². The number of alkyl halides is 1. The normalized spacial score (nSPS) is 30.1. The van der Waals surface area contributed by atoms with Gasteiger partial charge < -0.3 is 14.6 Å². The van der Waals surface area contributed by atoms with Crippen molar-refractivity contribution in [3.05, 3.63) is 49.1 Å². The SMILES string of the molecule is CN(c1ccc(-c2ccc(-n3ccnc3)cc2O)nn1)[C@H]1[C@H](F)[C@@]2(C)C[C@]1(C)CN2C. The van der Waals surface area contributed by atoms with Crippen LogP contribution in [-0.2, 0) is 0 Å². The zero-order chi connectivity index (χ0) is 22.0. The average molecular weight is 423 g/mol. The van der Waals surface area contributed by atoms with Crippen LogP contribution in [0.1, 0.15) is 20.3 Å². The second kappa shape index (κ2) is 6.75. The van der Waals surface area contributed by atoms with Crippen LogP contribution in [0, 0.1) is 5.41 Å². The molecule has 8 heteroatoms. The Kier molecular flexibility index (Phi) is 4.34. The molecule has 31 heavy (non-hydrogen) atoms. The van der Waals surface area contributed by atoms with Crippen LogP contribution in [0.3, 0.4) is 0 Å². The Balaban J connectivity index is 1.40. The van der Waals surface area contributed by atoms with Crippen molar-refractivity contribution in [3.8, 4) is 22.7 Å². The second-order valence-electron chi connectivity index (χ2n) is 9.45. The van der Waals surface area contributed by atoms with E-state index in [0.29, 0.717) is 17.1 Å². The van der Waals surface area contributed by atoms with Gasteiger partial charge in [0, 0.05) is 43.0 Å². The van der Waals surface area contributed by atoms with E-state index in [9.17, 15) is 5.11 Å². The van der Waals surface area contributed by atoms with Crippen LogP contribution in [-0.4, -0.2) is 68.1 Å². The lowest BCUT2D eigenvalue weighted by Gasteiger charge is -2.45. The van der Waals surface area contributed by atoms with Gasteiger partial charge in [-0.3, -0.25) is 4.90 Å². The Morgan fingerprint density at radius 2 is 2.00 bits per heavy atom. The largest absolute Gasteiger partial charge is 0.507 e. The van der Waals surface area contributed by atoms with Crippen molar-refractivity contribution in [3.63, 3.8) is 0 Å². The molecular formula is C23H27FN6O. The fourth-order valence-corrected chi connectivity index (χ4v) is 5.70. The minimum absolute atomic E-state index is 0.113. The van der Waals surface area contributed by atoms with Gasteiger partial charge in [0.05, 0.1) is 29.3 Å². The highest BCUT2D eigenvalue weighted by Crippen LogP contribution is 2.56. The summed E-state index contributed by atoms with van der Waals surface area (Å²) in [4.78, 5) is 8.10. The predicted octanol–water partition coefficient (Wildman–Crippen LogP) is 3.29. The third kappa shape index (κ3) is 2.92. The number of halogens is 1. The first-order valence-electron chi connectivity index (χ1n) is 10.5. The Labute approximate surface area is 181 Å². The number of phenols is 1. The molecule has 5 rings (SSSR count). The number of anilines is 1. The second-order valence-corrected chi connectivity index (χ2v) is 9.45. The fourth-order valence-electron chi connectivity index (χ4n) is 5.70. The van der Waals surface area contributed by atoms with Crippen molar-refractivity contribution in [2.75, 3.05) is 25.5 Å². The predicted molar refractivity (Wildman–Crippen MR) is 117 cm³/mol. The molecule has 0 radical (unpaired) electrons. The molecule has 2 fully saturated rings. The molecule has 0 amide bonds. The number of piperidine rings is 1. The summed E-state index contributed by atoms with van der Waals surface area (Å²) >= 11 is 0. The van der Waals surface area contributed by atoms with Crippen LogP contribution in [0.2, 0.25) is 0 Å². The Bertz CT molecular complexity index is 1100. The Hall–Kier alpha value is -3.00. The molecule has 1 saturated heterocycles. The van der Waals surface area contributed by atoms with Gasteiger partial charge in [0.1, 0.15) is 11.9 Å². The quantitative estimate of drug-likeness (QED) is 0.696. The molecule has 1 aromatic carbocycles. The molecule has 3 heterocycles. The molecule has 1 saturated carbocycles. The summed E-state index contributed by atoms with van der Waals surface area (Å²) in [5.41, 5.74) is 1.38. The van der Waals surface area contributed by atoms with E-state index in [-0.39, 0.29) is 17.2 Å². The monoisotopic (exact) mass is 422 g/mol. The van der Waals surface area contributed by atoms with Crippen LogP contribution < -0.4 is 4.90 Å². The number of fused-ring (bicyclic) bond motifs is 2. The number of benzene rings is 1. The van der Waals surface area contributed by atoms with Gasteiger partial charge in [-0.25, -0.2) is 9.37 Å².